The summed E-state index contributed by atoms with van der Waals surface area (Å²) < 4.78 is 0. The van der Waals surface area contributed by atoms with Gasteiger partial charge in [-0.15, -0.1) is 24.8 Å². The van der Waals surface area contributed by atoms with Crippen molar-refractivity contribution in [3.8, 4) is 0 Å². The van der Waals surface area contributed by atoms with Gasteiger partial charge in [-0.3, -0.25) is 14.5 Å². The molecule has 0 aromatic heterocycles. The summed E-state index contributed by atoms with van der Waals surface area (Å²) in [5.41, 5.74) is 6.56. The van der Waals surface area contributed by atoms with Gasteiger partial charge in [0.15, 0.2) is 0 Å². The van der Waals surface area contributed by atoms with Crippen molar-refractivity contribution in [1.29, 1.82) is 0 Å². The van der Waals surface area contributed by atoms with Crippen LogP contribution in [0.5, 0.6) is 0 Å². The molecule has 1 atom stereocenters. The zero-order valence-corrected chi connectivity index (χ0v) is 17.9. The van der Waals surface area contributed by atoms with Crippen LogP contribution in [0.15, 0.2) is 30.3 Å². The van der Waals surface area contributed by atoms with Crippen molar-refractivity contribution in [3.05, 3.63) is 30.3 Å². The lowest BCUT2D eigenvalue weighted by atomic mass is 9.86. The minimum atomic E-state index is -0.512. The minimum absolute atomic E-state index is 0. The van der Waals surface area contributed by atoms with Crippen LogP contribution in [0.3, 0.4) is 0 Å². The molecule has 2 amide bonds. The topological polar surface area (TPSA) is 87.5 Å². The molecule has 0 saturated carbocycles. The predicted octanol–water partition coefficient (Wildman–Crippen LogP) is 2.42. The summed E-state index contributed by atoms with van der Waals surface area (Å²) in [7, 11) is 0. The van der Waals surface area contributed by atoms with E-state index in [-0.39, 0.29) is 48.1 Å². The van der Waals surface area contributed by atoms with Gasteiger partial charge in [-0.25, -0.2) is 0 Å². The first-order chi connectivity index (χ1) is 11.8. The molecule has 1 aliphatic rings. The average molecular weight is 419 g/mol. The lowest BCUT2D eigenvalue weighted by Gasteiger charge is -2.34. The molecule has 6 nitrogen and oxygen atoms in total. The third-order valence-corrected chi connectivity index (χ3v) is 4.57. The van der Waals surface area contributed by atoms with E-state index in [0.29, 0.717) is 6.54 Å². The van der Waals surface area contributed by atoms with E-state index in [9.17, 15) is 9.59 Å². The summed E-state index contributed by atoms with van der Waals surface area (Å²) in [6.45, 7) is 7.84. The molecule has 8 heteroatoms. The Bertz CT molecular complexity index is 585. The van der Waals surface area contributed by atoms with Crippen LogP contribution in [-0.2, 0) is 9.59 Å². The molecule has 0 spiro atoms. The van der Waals surface area contributed by atoms with E-state index >= 15 is 0 Å². The number of carbonyl (C=O) groups is 2. The Kier molecular flexibility index (Phi) is 10.9. The fraction of sp³-hybridized carbons (Fsp3) is 0.579. The summed E-state index contributed by atoms with van der Waals surface area (Å²) in [5.74, 6) is -0.101. The second-order valence-corrected chi connectivity index (χ2v) is 7.82. The van der Waals surface area contributed by atoms with E-state index in [2.05, 4.69) is 15.5 Å². The Morgan fingerprint density at radius 3 is 2.22 bits per heavy atom. The smallest absolute Gasteiger partial charge is 0.238 e. The predicted molar refractivity (Wildman–Crippen MR) is 115 cm³/mol. The van der Waals surface area contributed by atoms with Crippen LogP contribution in [0.1, 0.15) is 33.6 Å². The standard InChI is InChI=1S/C19H30N4O2.2ClH/c1-19(2,3)17(20)18(25)22-15-9-11-23(12-10-15)13-16(24)21-14-7-5-4-6-8-14;;/h4-8,15,17H,9-13,20H2,1-3H3,(H,21,24)(H,22,25);2*1H/t17-;;/m1../s1. The second kappa shape index (κ2) is 11.5. The van der Waals surface area contributed by atoms with Gasteiger partial charge in [0, 0.05) is 24.8 Å². The van der Waals surface area contributed by atoms with Gasteiger partial charge in [0.1, 0.15) is 0 Å². The molecule has 1 saturated heterocycles. The summed E-state index contributed by atoms with van der Waals surface area (Å²) >= 11 is 0. The van der Waals surface area contributed by atoms with Gasteiger partial charge in [-0.1, -0.05) is 39.0 Å². The number of amides is 2. The molecule has 154 valence electrons. The molecule has 1 aromatic rings. The third-order valence-electron chi connectivity index (χ3n) is 4.57. The molecule has 1 aromatic carbocycles. The van der Waals surface area contributed by atoms with Crippen LogP contribution in [0.2, 0.25) is 0 Å². The Hall–Kier alpha value is -1.34. The average Bonchev–Trinajstić information content (AvgIpc) is 2.56. The third kappa shape index (κ3) is 8.47. The van der Waals surface area contributed by atoms with E-state index < -0.39 is 6.04 Å². The van der Waals surface area contributed by atoms with Gasteiger partial charge in [0.05, 0.1) is 12.6 Å². The Morgan fingerprint density at radius 1 is 1.15 bits per heavy atom. The summed E-state index contributed by atoms with van der Waals surface area (Å²) in [5, 5.41) is 5.95. The molecule has 1 fully saturated rings. The monoisotopic (exact) mass is 418 g/mol. The van der Waals surface area contributed by atoms with Crippen molar-refractivity contribution in [2.45, 2.75) is 45.7 Å². The molecule has 0 bridgehead atoms. The zero-order valence-electron chi connectivity index (χ0n) is 16.2. The van der Waals surface area contributed by atoms with Crippen LogP contribution in [0, 0.1) is 5.41 Å². The van der Waals surface area contributed by atoms with Crippen LogP contribution in [0.25, 0.3) is 0 Å². The molecule has 2 rings (SSSR count). The van der Waals surface area contributed by atoms with Crippen molar-refractivity contribution < 1.29 is 9.59 Å². The van der Waals surface area contributed by atoms with Crippen LogP contribution in [0.4, 0.5) is 5.69 Å². The molecule has 0 radical (unpaired) electrons. The molecule has 0 aliphatic carbocycles. The molecule has 0 unspecified atom stereocenters. The summed E-state index contributed by atoms with van der Waals surface area (Å²) in [4.78, 5) is 26.4. The first-order valence-electron chi connectivity index (χ1n) is 8.89. The van der Waals surface area contributed by atoms with E-state index in [1.807, 2.05) is 51.1 Å². The maximum atomic E-state index is 12.2. The highest BCUT2D eigenvalue weighted by Crippen LogP contribution is 2.18. The lowest BCUT2D eigenvalue weighted by Crippen LogP contribution is -2.53. The number of anilines is 1. The SMILES string of the molecule is CC(C)(C)[C@H](N)C(=O)NC1CCN(CC(=O)Nc2ccccc2)CC1.Cl.Cl. The van der Waals surface area contributed by atoms with Crippen molar-refractivity contribution in [2.24, 2.45) is 11.1 Å². The number of rotatable bonds is 5. The van der Waals surface area contributed by atoms with Crippen molar-refractivity contribution in [3.63, 3.8) is 0 Å². The molecule has 1 heterocycles. The van der Waals surface area contributed by atoms with Crippen molar-refractivity contribution in [2.75, 3.05) is 25.0 Å². The fourth-order valence-corrected chi connectivity index (χ4v) is 2.84. The highest BCUT2D eigenvalue weighted by atomic mass is 35.5. The van der Waals surface area contributed by atoms with Crippen molar-refractivity contribution >= 4 is 42.3 Å². The van der Waals surface area contributed by atoms with E-state index in [4.69, 9.17) is 5.73 Å². The summed E-state index contributed by atoms with van der Waals surface area (Å²) in [6.07, 6.45) is 1.67. The normalized spacial score (nSPS) is 16.4. The minimum Gasteiger partial charge on any atom is -0.352 e. The maximum absolute atomic E-state index is 12.2. The van der Waals surface area contributed by atoms with Gasteiger partial charge in [-0.05, 0) is 30.4 Å². The largest absolute Gasteiger partial charge is 0.352 e. The van der Waals surface area contributed by atoms with Crippen LogP contribution >= 0.6 is 24.8 Å². The fourth-order valence-electron chi connectivity index (χ4n) is 2.84. The number of benzene rings is 1. The second-order valence-electron chi connectivity index (χ2n) is 7.82. The lowest BCUT2D eigenvalue weighted by molar-refractivity contribution is -0.126. The van der Waals surface area contributed by atoms with Crippen molar-refractivity contribution in [1.82, 2.24) is 10.2 Å². The maximum Gasteiger partial charge on any atom is 0.238 e. The van der Waals surface area contributed by atoms with Gasteiger partial charge in [-0.2, -0.15) is 0 Å². The summed E-state index contributed by atoms with van der Waals surface area (Å²) in [6, 6.07) is 9.07. The number of nitrogens with one attached hydrogen (secondary N) is 2. The van der Waals surface area contributed by atoms with Crippen LogP contribution in [-0.4, -0.2) is 48.4 Å². The van der Waals surface area contributed by atoms with Gasteiger partial charge < -0.3 is 16.4 Å². The number of halogens is 2. The van der Waals surface area contributed by atoms with E-state index in [1.165, 1.54) is 0 Å². The number of likely N-dealkylation sites (tertiary alicyclic amines) is 1. The van der Waals surface area contributed by atoms with Crippen LogP contribution < -0.4 is 16.4 Å². The van der Waals surface area contributed by atoms with E-state index in [0.717, 1.165) is 31.6 Å². The molecular weight excluding hydrogens is 387 g/mol. The Labute approximate surface area is 174 Å². The van der Waals surface area contributed by atoms with Gasteiger partial charge in [0.2, 0.25) is 11.8 Å². The first kappa shape index (κ1) is 25.7. The molecule has 4 N–H and O–H groups in total. The number of nitrogens with zero attached hydrogens (tertiary/aromatic N) is 1. The number of carbonyl (C=O) groups excluding carboxylic acids is 2. The quantitative estimate of drug-likeness (QED) is 0.684. The number of hydrogen-bond donors (Lipinski definition) is 3. The first-order valence-corrected chi connectivity index (χ1v) is 8.89. The number of piperidine rings is 1. The van der Waals surface area contributed by atoms with Gasteiger partial charge in [0.25, 0.3) is 0 Å². The number of hydrogen-bond acceptors (Lipinski definition) is 4. The Balaban J connectivity index is 0.00000338. The Morgan fingerprint density at radius 2 is 1.70 bits per heavy atom. The molecular formula is C19H32Cl2N4O2. The number of para-hydroxylation sites is 1. The van der Waals surface area contributed by atoms with Gasteiger partial charge >= 0.3 is 0 Å². The highest BCUT2D eigenvalue weighted by Gasteiger charge is 2.30. The molecule has 27 heavy (non-hydrogen) atoms. The highest BCUT2D eigenvalue weighted by molar-refractivity contribution is 5.92. The zero-order chi connectivity index (χ0) is 18.4. The van der Waals surface area contributed by atoms with E-state index in [1.54, 1.807) is 0 Å². The molecule has 1 aliphatic heterocycles. The number of nitrogens with two attached hydrogens (primary N) is 1.